The molecule has 0 bridgehead atoms. The molecule has 0 atom stereocenters. The standard InChI is InChI=1S/C18H18O3S/c1-20-17-11-5-13(12-18(17)21-2)4-10-16(19)14-6-8-15(22-3)9-7-14/h4-12H,1-3H3/b10-4+. The van der Waals surface area contributed by atoms with Crippen LogP contribution in [-0.2, 0) is 0 Å². The third-order valence-corrected chi connectivity index (χ3v) is 3.95. The van der Waals surface area contributed by atoms with Gasteiger partial charge < -0.3 is 9.47 Å². The van der Waals surface area contributed by atoms with E-state index < -0.39 is 0 Å². The SMILES string of the molecule is COc1ccc(/C=C/C(=O)c2ccc(SC)cc2)cc1OC. The van der Waals surface area contributed by atoms with E-state index in [0.29, 0.717) is 17.1 Å². The Kier molecular flexibility index (Phi) is 5.67. The van der Waals surface area contributed by atoms with Crippen LogP contribution in [0.1, 0.15) is 15.9 Å². The molecule has 0 saturated heterocycles. The number of ketones is 1. The van der Waals surface area contributed by atoms with Gasteiger partial charge in [0.1, 0.15) is 0 Å². The fourth-order valence-electron chi connectivity index (χ4n) is 1.98. The highest BCUT2D eigenvalue weighted by atomic mass is 32.2. The quantitative estimate of drug-likeness (QED) is 0.452. The number of allylic oxidation sites excluding steroid dienone is 1. The minimum absolute atomic E-state index is 0.0255. The van der Waals surface area contributed by atoms with Gasteiger partial charge in [-0.3, -0.25) is 4.79 Å². The molecule has 0 aliphatic heterocycles. The van der Waals surface area contributed by atoms with Crippen LogP contribution in [0.15, 0.2) is 53.4 Å². The molecule has 0 aromatic heterocycles. The zero-order valence-corrected chi connectivity index (χ0v) is 13.6. The van der Waals surface area contributed by atoms with E-state index in [0.717, 1.165) is 10.5 Å². The molecule has 0 spiro atoms. The molecule has 0 fully saturated rings. The number of carbonyl (C=O) groups excluding carboxylic acids is 1. The highest BCUT2D eigenvalue weighted by Crippen LogP contribution is 2.28. The predicted octanol–water partition coefficient (Wildman–Crippen LogP) is 4.32. The molecule has 4 heteroatoms. The highest BCUT2D eigenvalue weighted by molar-refractivity contribution is 7.98. The second-order valence-corrected chi connectivity index (χ2v) is 5.42. The van der Waals surface area contributed by atoms with Crippen LogP contribution in [0.2, 0.25) is 0 Å². The molecule has 0 aliphatic carbocycles. The third-order valence-electron chi connectivity index (χ3n) is 3.21. The Morgan fingerprint density at radius 1 is 1.00 bits per heavy atom. The van der Waals surface area contributed by atoms with E-state index in [9.17, 15) is 4.79 Å². The van der Waals surface area contributed by atoms with Gasteiger partial charge in [-0.2, -0.15) is 0 Å². The number of hydrogen-bond donors (Lipinski definition) is 0. The summed E-state index contributed by atoms with van der Waals surface area (Å²) in [6, 6.07) is 13.1. The molecule has 0 aliphatic rings. The van der Waals surface area contributed by atoms with Crippen LogP contribution in [0, 0.1) is 0 Å². The molecular formula is C18H18O3S. The highest BCUT2D eigenvalue weighted by Gasteiger charge is 2.04. The van der Waals surface area contributed by atoms with Crippen LogP contribution < -0.4 is 9.47 Å². The largest absolute Gasteiger partial charge is 0.493 e. The molecule has 114 valence electrons. The topological polar surface area (TPSA) is 35.5 Å². The first-order chi connectivity index (χ1) is 10.7. The first-order valence-corrected chi connectivity index (χ1v) is 7.99. The lowest BCUT2D eigenvalue weighted by Gasteiger charge is -2.07. The molecule has 22 heavy (non-hydrogen) atoms. The molecule has 0 radical (unpaired) electrons. The lowest BCUT2D eigenvalue weighted by atomic mass is 10.1. The molecule has 2 aromatic rings. The minimum Gasteiger partial charge on any atom is -0.493 e. The Morgan fingerprint density at radius 3 is 2.27 bits per heavy atom. The van der Waals surface area contributed by atoms with Crippen molar-refractivity contribution < 1.29 is 14.3 Å². The number of benzene rings is 2. The second kappa shape index (κ2) is 7.71. The number of ether oxygens (including phenoxy) is 2. The zero-order chi connectivity index (χ0) is 15.9. The fourth-order valence-corrected chi connectivity index (χ4v) is 2.39. The smallest absolute Gasteiger partial charge is 0.185 e. The van der Waals surface area contributed by atoms with Gasteiger partial charge in [-0.15, -0.1) is 11.8 Å². The Bertz CT molecular complexity index is 675. The summed E-state index contributed by atoms with van der Waals surface area (Å²) in [5, 5.41) is 0. The number of hydrogen-bond acceptors (Lipinski definition) is 4. The van der Waals surface area contributed by atoms with Crippen LogP contribution in [0.4, 0.5) is 0 Å². The summed E-state index contributed by atoms with van der Waals surface area (Å²) in [6.07, 6.45) is 5.34. The number of methoxy groups -OCH3 is 2. The summed E-state index contributed by atoms with van der Waals surface area (Å²) in [6.45, 7) is 0. The first-order valence-electron chi connectivity index (χ1n) is 6.76. The maximum absolute atomic E-state index is 12.1. The molecule has 3 nitrogen and oxygen atoms in total. The van der Waals surface area contributed by atoms with Crippen molar-refractivity contribution in [1.29, 1.82) is 0 Å². The number of rotatable bonds is 6. The van der Waals surface area contributed by atoms with E-state index in [1.807, 2.05) is 48.7 Å². The van der Waals surface area contributed by atoms with Crippen molar-refractivity contribution >= 4 is 23.6 Å². The predicted molar refractivity (Wildman–Crippen MR) is 91.1 cm³/mol. The molecule has 2 rings (SSSR count). The van der Waals surface area contributed by atoms with E-state index in [2.05, 4.69) is 0 Å². The van der Waals surface area contributed by atoms with Gasteiger partial charge in [0.2, 0.25) is 0 Å². The first kappa shape index (κ1) is 16.2. The Hall–Kier alpha value is -2.20. The van der Waals surface area contributed by atoms with E-state index in [4.69, 9.17) is 9.47 Å². The second-order valence-electron chi connectivity index (χ2n) is 4.54. The monoisotopic (exact) mass is 314 g/mol. The Balaban J connectivity index is 2.14. The van der Waals surface area contributed by atoms with Crippen LogP contribution in [0.5, 0.6) is 11.5 Å². The summed E-state index contributed by atoms with van der Waals surface area (Å²) in [5.74, 6) is 1.28. The Morgan fingerprint density at radius 2 is 1.68 bits per heavy atom. The van der Waals surface area contributed by atoms with Crippen LogP contribution in [0.3, 0.4) is 0 Å². The lowest BCUT2D eigenvalue weighted by molar-refractivity contribution is 0.104. The molecule has 2 aromatic carbocycles. The normalized spacial score (nSPS) is 10.7. The van der Waals surface area contributed by atoms with Crippen molar-refractivity contribution in [2.24, 2.45) is 0 Å². The number of carbonyl (C=O) groups is 1. The van der Waals surface area contributed by atoms with Gasteiger partial charge >= 0.3 is 0 Å². The third kappa shape index (κ3) is 3.92. The van der Waals surface area contributed by atoms with Crippen molar-refractivity contribution in [3.05, 3.63) is 59.7 Å². The maximum atomic E-state index is 12.1. The van der Waals surface area contributed by atoms with E-state index in [1.165, 1.54) is 0 Å². The van der Waals surface area contributed by atoms with Crippen molar-refractivity contribution in [3.63, 3.8) is 0 Å². The summed E-state index contributed by atoms with van der Waals surface area (Å²) in [4.78, 5) is 13.3. The summed E-state index contributed by atoms with van der Waals surface area (Å²) < 4.78 is 10.4. The molecule has 0 unspecified atom stereocenters. The van der Waals surface area contributed by atoms with E-state index in [1.54, 1.807) is 38.1 Å². The summed E-state index contributed by atoms with van der Waals surface area (Å²) in [7, 11) is 3.18. The molecule has 0 saturated carbocycles. The summed E-state index contributed by atoms with van der Waals surface area (Å²) in [5.41, 5.74) is 1.56. The molecular weight excluding hydrogens is 296 g/mol. The minimum atomic E-state index is -0.0255. The zero-order valence-electron chi connectivity index (χ0n) is 12.8. The van der Waals surface area contributed by atoms with Crippen LogP contribution in [0.25, 0.3) is 6.08 Å². The van der Waals surface area contributed by atoms with E-state index >= 15 is 0 Å². The number of thioether (sulfide) groups is 1. The van der Waals surface area contributed by atoms with Gasteiger partial charge in [0, 0.05) is 10.5 Å². The summed E-state index contributed by atoms with van der Waals surface area (Å²) >= 11 is 1.65. The molecule has 0 amide bonds. The molecule has 0 N–H and O–H groups in total. The van der Waals surface area contributed by atoms with Gasteiger partial charge in [0.05, 0.1) is 14.2 Å². The average molecular weight is 314 g/mol. The van der Waals surface area contributed by atoms with Gasteiger partial charge in [-0.25, -0.2) is 0 Å². The van der Waals surface area contributed by atoms with Gasteiger partial charge in [0.25, 0.3) is 0 Å². The maximum Gasteiger partial charge on any atom is 0.185 e. The van der Waals surface area contributed by atoms with Crippen LogP contribution >= 0.6 is 11.8 Å². The lowest BCUT2D eigenvalue weighted by Crippen LogP contribution is -1.94. The van der Waals surface area contributed by atoms with Crippen LogP contribution in [-0.4, -0.2) is 26.3 Å². The van der Waals surface area contributed by atoms with Gasteiger partial charge in [-0.05, 0) is 54.3 Å². The molecule has 0 heterocycles. The fraction of sp³-hybridized carbons (Fsp3) is 0.167. The van der Waals surface area contributed by atoms with Gasteiger partial charge in [-0.1, -0.05) is 12.1 Å². The van der Waals surface area contributed by atoms with E-state index in [-0.39, 0.29) is 5.78 Å². The van der Waals surface area contributed by atoms with Crippen molar-refractivity contribution in [1.82, 2.24) is 0 Å². The Labute approximate surface area is 135 Å². The van der Waals surface area contributed by atoms with Crippen molar-refractivity contribution in [2.45, 2.75) is 4.90 Å². The van der Waals surface area contributed by atoms with Crippen molar-refractivity contribution in [3.8, 4) is 11.5 Å². The average Bonchev–Trinajstić information content (AvgIpc) is 2.59. The van der Waals surface area contributed by atoms with Gasteiger partial charge in [0.15, 0.2) is 17.3 Å². The van der Waals surface area contributed by atoms with Crippen molar-refractivity contribution in [2.75, 3.05) is 20.5 Å².